The van der Waals surface area contributed by atoms with Crippen molar-refractivity contribution in [3.8, 4) is 0 Å². The summed E-state index contributed by atoms with van der Waals surface area (Å²) in [6.45, 7) is 4.91. The molecule has 0 aliphatic carbocycles. The minimum absolute atomic E-state index is 0.185. The highest BCUT2D eigenvalue weighted by Gasteiger charge is 2.08. The molecule has 2 rings (SSSR count). The molecule has 0 fully saturated rings. The van der Waals surface area contributed by atoms with Crippen LogP contribution in [0.1, 0.15) is 25.3 Å². The van der Waals surface area contributed by atoms with Crippen molar-refractivity contribution in [2.75, 3.05) is 6.54 Å². The van der Waals surface area contributed by atoms with Crippen molar-refractivity contribution in [3.63, 3.8) is 0 Å². The molecule has 86 valence electrons. The second-order valence-electron chi connectivity index (χ2n) is 4.01. The summed E-state index contributed by atoms with van der Waals surface area (Å²) in [4.78, 5) is 16.0. The van der Waals surface area contributed by atoms with E-state index in [1.807, 2.05) is 0 Å². The molecular weight excluding hydrogens is 206 g/mol. The van der Waals surface area contributed by atoms with Gasteiger partial charge in [0.05, 0.1) is 6.54 Å². The van der Waals surface area contributed by atoms with Gasteiger partial charge in [-0.25, -0.2) is 18.9 Å². The zero-order valence-corrected chi connectivity index (χ0v) is 9.42. The molecule has 0 radical (unpaired) electrons. The van der Waals surface area contributed by atoms with Crippen molar-refractivity contribution in [1.29, 1.82) is 0 Å². The van der Waals surface area contributed by atoms with E-state index in [4.69, 9.17) is 5.73 Å². The van der Waals surface area contributed by atoms with Crippen LogP contribution in [0.4, 0.5) is 0 Å². The standard InChI is InChI=1S/C10H15N5O/c1-7(2)8-5-12-9-13-15(4-3-11)10(16)14(9)6-8/h5-7H,3-4,11H2,1-2H3. The van der Waals surface area contributed by atoms with E-state index < -0.39 is 0 Å². The van der Waals surface area contributed by atoms with Gasteiger partial charge in [-0.15, -0.1) is 5.10 Å². The largest absolute Gasteiger partial charge is 0.351 e. The van der Waals surface area contributed by atoms with Gasteiger partial charge in [-0.05, 0) is 11.5 Å². The minimum Gasteiger partial charge on any atom is -0.329 e. The second kappa shape index (κ2) is 4.05. The van der Waals surface area contributed by atoms with Crippen LogP contribution < -0.4 is 11.4 Å². The Morgan fingerprint density at radius 1 is 1.50 bits per heavy atom. The Balaban J connectivity index is 2.60. The number of hydrogen-bond donors (Lipinski definition) is 1. The summed E-state index contributed by atoms with van der Waals surface area (Å²) < 4.78 is 2.80. The highest BCUT2D eigenvalue weighted by atomic mass is 16.2. The van der Waals surface area contributed by atoms with Gasteiger partial charge >= 0.3 is 5.69 Å². The molecule has 2 aromatic heterocycles. The molecule has 0 saturated carbocycles. The summed E-state index contributed by atoms with van der Waals surface area (Å²) in [6.07, 6.45) is 3.54. The molecule has 0 aliphatic heterocycles. The molecular formula is C10H15N5O. The van der Waals surface area contributed by atoms with Crippen molar-refractivity contribution in [2.24, 2.45) is 5.73 Å². The summed E-state index contributed by atoms with van der Waals surface area (Å²) in [5, 5.41) is 4.08. The smallest absolute Gasteiger partial charge is 0.329 e. The highest BCUT2D eigenvalue weighted by molar-refractivity contribution is 5.27. The van der Waals surface area contributed by atoms with Crippen LogP contribution in [0.25, 0.3) is 5.78 Å². The summed E-state index contributed by atoms with van der Waals surface area (Å²) in [5.41, 5.74) is 6.23. The number of nitrogens with zero attached hydrogens (tertiary/aromatic N) is 4. The van der Waals surface area contributed by atoms with Gasteiger partial charge < -0.3 is 5.73 Å². The normalized spacial score (nSPS) is 11.5. The first-order chi connectivity index (χ1) is 7.63. The highest BCUT2D eigenvalue weighted by Crippen LogP contribution is 2.11. The third kappa shape index (κ3) is 1.71. The van der Waals surface area contributed by atoms with Gasteiger partial charge in [0.15, 0.2) is 0 Å². The van der Waals surface area contributed by atoms with Gasteiger partial charge in [-0.1, -0.05) is 13.8 Å². The molecule has 0 aliphatic rings. The van der Waals surface area contributed by atoms with Gasteiger partial charge in [-0.3, -0.25) is 0 Å². The first-order valence-electron chi connectivity index (χ1n) is 5.28. The van der Waals surface area contributed by atoms with E-state index in [2.05, 4.69) is 23.9 Å². The van der Waals surface area contributed by atoms with E-state index in [0.717, 1.165) is 5.56 Å². The Morgan fingerprint density at radius 3 is 2.88 bits per heavy atom. The molecule has 0 spiro atoms. The number of hydrogen-bond acceptors (Lipinski definition) is 4. The minimum atomic E-state index is -0.185. The van der Waals surface area contributed by atoms with E-state index in [1.165, 1.54) is 9.08 Å². The van der Waals surface area contributed by atoms with Crippen LogP contribution in [-0.2, 0) is 6.54 Å². The maximum Gasteiger partial charge on any atom is 0.351 e. The average Bonchev–Trinajstić information content (AvgIpc) is 2.56. The zero-order valence-electron chi connectivity index (χ0n) is 9.42. The van der Waals surface area contributed by atoms with Crippen molar-refractivity contribution in [3.05, 3.63) is 28.4 Å². The SMILES string of the molecule is CC(C)c1cnc2nn(CCN)c(=O)n2c1. The van der Waals surface area contributed by atoms with Crippen LogP contribution >= 0.6 is 0 Å². The monoisotopic (exact) mass is 221 g/mol. The number of aromatic nitrogens is 4. The fourth-order valence-corrected chi connectivity index (χ4v) is 1.49. The maximum atomic E-state index is 11.9. The summed E-state index contributed by atoms with van der Waals surface area (Å²) in [7, 11) is 0. The molecule has 0 bridgehead atoms. The molecule has 6 heteroatoms. The summed E-state index contributed by atoms with van der Waals surface area (Å²) in [6, 6.07) is 0. The lowest BCUT2D eigenvalue weighted by Gasteiger charge is -2.02. The fourth-order valence-electron chi connectivity index (χ4n) is 1.49. The maximum absolute atomic E-state index is 11.9. The lowest BCUT2D eigenvalue weighted by molar-refractivity contribution is 0.602. The van der Waals surface area contributed by atoms with Crippen LogP contribution in [0.15, 0.2) is 17.2 Å². The van der Waals surface area contributed by atoms with Crippen molar-refractivity contribution in [1.82, 2.24) is 19.2 Å². The van der Waals surface area contributed by atoms with E-state index in [9.17, 15) is 4.79 Å². The van der Waals surface area contributed by atoms with Crippen molar-refractivity contribution >= 4 is 5.78 Å². The van der Waals surface area contributed by atoms with E-state index in [0.29, 0.717) is 24.8 Å². The van der Waals surface area contributed by atoms with Crippen molar-refractivity contribution in [2.45, 2.75) is 26.3 Å². The molecule has 0 amide bonds. The zero-order chi connectivity index (χ0) is 11.7. The van der Waals surface area contributed by atoms with Crippen LogP contribution in [0, 0.1) is 0 Å². The summed E-state index contributed by atoms with van der Waals surface area (Å²) in [5.74, 6) is 0.754. The van der Waals surface area contributed by atoms with Gasteiger partial charge in [-0.2, -0.15) is 0 Å². The van der Waals surface area contributed by atoms with Crippen LogP contribution in [0.3, 0.4) is 0 Å². The Bertz CT molecular complexity index is 554. The topological polar surface area (TPSA) is 78.2 Å². The van der Waals surface area contributed by atoms with Crippen LogP contribution in [0.2, 0.25) is 0 Å². The molecule has 2 heterocycles. The molecule has 2 aromatic rings. The van der Waals surface area contributed by atoms with Gasteiger partial charge in [0, 0.05) is 18.9 Å². The lowest BCUT2D eigenvalue weighted by atomic mass is 10.1. The fraction of sp³-hybridized carbons (Fsp3) is 0.500. The Labute approximate surface area is 92.7 Å². The van der Waals surface area contributed by atoms with E-state index >= 15 is 0 Å². The molecule has 0 atom stereocenters. The third-order valence-corrected chi connectivity index (χ3v) is 2.47. The number of fused-ring (bicyclic) bond motifs is 1. The van der Waals surface area contributed by atoms with E-state index in [-0.39, 0.29) is 5.69 Å². The lowest BCUT2D eigenvalue weighted by Crippen LogP contribution is -2.24. The third-order valence-electron chi connectivity index (χ3n) is 2.47. The molecule has 2 N–H and O–H groups in total. The number of rotatable bonds is 3. The Hall–Kier alpha value is -1.69. The molecule has 16 heavy (non-hydrogen) atoms. The van der Waals surface area contributed by atoms with Crippen LogP contribution in [0.5, 0.6) is 0 Å². The second-order valence-corrected chi connectivity index (χ2v) is 4.01. The molecule has 6 nitrogen and oxygen atoms in total. The van der Waals surface area contributed by atoms with Gasteiger partial charge in [0.1, 0.15) is 0 Å². The summed E-state index contributed by atoms with van der Waals surface area (Å²) >= 11 is 0. The molecule has 0 aromatic carbocycles. The van der Waals surface area contributed by atoms with Gasteiger partial charge in [0.2, 0.25) is 0 Å². The van der Waals surface area contributed by atoms with Crippen molar-refractivity contribution < 1.29 is 0 Å². The molecule has 0 unspecified atom stereocenters. The predicted molar refractivity (Wildman–Crippen MR) is 60.4 cm³/mol. The van der Waals surface area contributed by atoms with Gasteiger partial charge in [0.25, 0.3) is 5.78 Å². The van der Waals surface area contributed by atoms with Crippen LogP contribution in [-0.4, -0.2) is 25.7 Å². The first kappa shape index (κ1) is 10.8. The Morgan fingerprint density at radius 2 is 2.25 bits per heavy atom. The first-order valence-corrected chi connectivity index (χ1v) is 5.28. The molecule has 0 saturated heterocycles. The van der Waals surface area contributed by atoms with E-state index in [1.54, 1.807) is 12.4 Å². The Kier molecular flexibility index (Phi) is 2.74. The quantitative estimate of drug-likeness (QED) is 0.789. The number of nitrogens with two attached hydrogens (primary N) is 1. The average molecular weight is 221 g/mol. The predicted octanol–water partition coefficient (Wildman–Crippen LogP) is -0.0269.